The number of sulfone groups is 1. The van der Waals surface area contributed by atoms with Gasteiger partial charge in [0.2, 0.25) is 0 Å². The number of nitrogens with one attached hydrogen (secondary N) is 2. The molecular weight excluding hydrogens is 364 g/mol. The van der Waals surface area contributed by atoms with Crippen LogP contribution in [0.5, 0.6) is 0 Å². The summed E-state index contributed by atoms with van der Waals surface area (Å²) in [5.41, 5.74) is 1.62. The Morgan fingerprint density at radius 3 is 2.16 bits per heavy atom. The summed E-state index contributed by atoms with van der Waals surface area (Å²) < 4.78 is 22.6. The minimum Gasteiger partial charge on any atom is -0.355 e. The van der Waals surface area contributed by atoms with Crippen molar-refractivity contribution in [2.45, 2.75) is 5.75 Å². The fourth-order valence-electron chi connectivity index (χ4n) is 2.16. The van der Waals surface area contributed by atoms with Gasteiger partial charge in [0.1, 0.15) is 0 Å². The van der Waals surface area contributed by atoms with E-state index in [4.69, 9.17) is 11.6 Å². The molecule has 2 amide bonds. The second-order valence-corrected chi connectivity index (χ2v) is 8.04. The maximum Gasteiger partial charge on any atom is 0.255 e. The minimum absolute atomic E-state index is 0.0884. The molecule has 2 N–H and O–H groups in total. The van der Waals surface area contributed by atoms with E-state index in [0.717, 1.165) is 6.26 Å². The van der Waals surface area contributed by atoms with Crippen molar-refractivity contribution in [3.63, 3.8) is 0 Å². The lowest BCUT2D eigenvalue weighted by Gasteiger charge is -2.09. The molecule has 0 aliphatic carbocycles. The summed E-state index contributed by atoms with van der Waals surface area (Å²) in [5, 5.41) is 5.44. The predicted octanol–water partition coefficient (Wildman–Crippen LogP) is 2.50. The molecular formula is C17H17ClN2O4S. The smallest absolute Gasteiger partial charge is 0.255 e. The molecule has 6 nitrogen and oxygen atoms in total. The molecule has 0 unspecified atom stereocenters. The average molecular weight is 381 g/mol. The first-order valence-electron chi connectivity index (χ1n) is 7.29. The van der Waals surface area contributed by atoms with Gasteiger partial charge in [-0.25, -0.2) is 8.42 Å². The van der Waals surface area contributed by atoms with Gasteiger partial charge in [0, 0.05) is 24.4 Å². The normalized spacial score (nSPS) is 11.0. The predicted molar refractivity (Wildman–Crippen MR) is 97.8 cm³/mol. The number of rotatable bonds is 5. The van der Waals surface area contributed by atoms with Crippen LogP contribution in [0, 0.1) is 0 Å². The molecule has 25 heavy (non-hydrogen) atoms. The van der Waals surface area contributed by atoms with Gasteiger partial charge in [0.25, 0.3) is 11.8 Å². The molecule has 0 bridgehead atoms. The van der Waals surface area contributed by atoms with Gasteiger partial charge in [-0.2, -0.15) is 0 Å². The summed E-state index contributed by atoms with van der Waals surface area (Å²) in [6.07, 6.45) is 1.15. The molecule has 0 fully saturated rings. The average Bonchev–Trinajstić information content (AvgIpc) is 2.55. The number of anilines is 1. The Kier molecular flexibility index (Phi) is 5.81. The van der Waals surface area contributed by atoms with E-state index in [-0.39, 0.29) is 11.7 Å². The zero-order valence-corrected chi connectivity index (χ0v) is 15.2. The third-order valence-electron chi connectivity index (χ3n) is 3.35. The summed E-state index contributed by atoms with van der Waals surface area (Å²) in [7, 11) is -1.63. The number of amides is 2. The molecule has 0 radical (unpaired) electrons. The quantitative estimate of drug-likeness (QED) is 0.833. The minimum atomic E-state index is -3.14. The number of halogens is 1. The molecule has 2 aromatic rings. The first-order chi connectivity index (χ1) is 11.7. The monoisotopic (exact) mass is 380 g/mol. The molecule has 0 aromatic heterocycles. The lowest BCUT2D eigenvalue weighted by Crippen LogP contribution is -2.18. The highest BCUT2D eigenvalue weighted by atomic mass is 35.5. The summed E-state index contributed by atoms with van der Waals surface area (Å²) in [5.74, 6) is -0.798. The van der Waals surface area contributed by atoms with Crippen molar-refractivity contribution < 1.29 is 18.0 Å². The summed E-state index contributed by atoms with van der Waals surface area (Å²) in [6.45, 7) is 0. The van der Waals surface area contributed by atoms with Crippen LogP contribution in [0.1, 0.15) is 26.3 Å². The van der Waals surface area contributed by atoms with Gasteiger partial charge in [-0.15, -0.1) is 0 Å². The van der Waals surface area contributed by atoms with Gasteiger partial charge in [0.05, 0.1) is 16.5 Å². The molecule has 0 saturated carbocycles. The van der Waals surface area contributed by atoms with E-state index in [0.29, 0.717) is 27.4 Å². The van der Waals surface area contributed by atoms with Crippen molar-refractivity contribution in [1.82, 2.24) is 5.32 Å². The lowest BCUT2D eigenvalue weighted by atomic mass is 10.1. The van der Waals surface area contributed by atoms with E-state index in [1.165, 1.54) is 31.3 Å². The summed E-state index contributed by atoms with van der Waals surface area (Å²) >= 11 is 6.06. The number of hydrogen-bond acceptors (Lipinski definition) is 4. The Labute approximate surface area is 151 Å². The standard InChI is InChI=1S/C17H17ClN2O4S/c1-19-16(21)13-7-8-14(18)15(9-13)20-17(22)12-5-3-11(4-6-12)10-25(2,23)24/h3-9H,10H2,1-2H3,(H,19,21)(H,20,22). The van der Waals surface area contributed by atoms with Crippen LogP contribution < -0.4 is 10.6 Å². The van der Waals surface area contributed by atoms with Crippen molar-refractivity contribution in [2.24, 2.45) is 0 Å². The van der Waals surface area contributed by atoms with Gasteiger partial charge < -0.3 is 10.6 Å². The fraction of sp³-hybridized carbons (Fsp3) is 0.176. The van der Waals surface area contributed by atoms with E-state index in [9.17, 15) is 18.0 Å². The molecule has 0 saturated heterocycles. The number of benzene rings is 2. The first-order valence-corrected chi connectivity index (χ1v) is 9.73. The van der Waals surface area contributed by atoms with Crippen molar-refractivity contribution in [2.75, 3.05) is 18.6 Å². The van der Waals surface area contributed by atoms with E-state index >= 15 is 0 Å². The molecule has 2 rings (SSSR count). The molecule has 0 aliphatic heterocycles. The second-order valence-electron chi connectivity index (χ2n) is 5.49. The van der Waals surface area contributed by atoms with Crippen LogP contribution in [0.25, 0.3) is 0 Å². The number of carbonyl (C=O) groups excluding carboxylic acids is 2. The van der Waals surface area contributed by atoms with Crippen LogP contribution in [0.2, 0.25) is 5.02 Å². The highest BCUT2D eigenvalue weighted by Gasteiger charge is 2.12. The van der Waals surface area contributed by atoms with E-state index in [2.05, 4.69) is 10.6 Å². The van der Waals surface area contributed by atoms with E-state index < -0.39 is 15.7 Å². The number of carbonyl (C=O) groups is 2. The van der Waals surface area contributed by atoms with Crippen LogP contribution in [-0.4, -0.2) is 33.5 Å². The summed E-state index contributed by atoms with van der Waals surface area (Å²) in [6, 6.07) is 10.8. The van der Waals surface area contributed by atoms with E-state index in [1.807, 2.05) is 0 Å². The molecule has 0 atom stereocenters. The van der Waals surface area contributed by atoms with Crippen molar-refractivity contribution in [1.29, 1.82) is 0 Å². The third-order valence-corrected chi connectivity index (χ3v) is 4.54. The highest BCUT2D eigenvalue weighted by molar-refractivity contribution is 7.89. The molecule has 132 valence electrons. The zero-order valence-electron chi connectivity index (χ0n) is 13.7. The Morgan fingerprint density at radius 2 is 1.60 bits per heavy atom. The molecule has 0 spiro atoms. The highest BCUT2D eigenvalue weighted by Crippen LogP contribution is 2.24. The van der Waals surface area contributed by atoms with Gasteiger partial charge in [-0.05, 0) is 35.9 Å². The maximum absolute atomic E-state index is 12.3. The Bertz CT molecular complexity index is 909. The zero-order chi connectivity index (χ0) is 18.6. The van der Waals surface area contributed by atoms with E-state index in [1.54, 1.807) is 18.2 Å². The van der Waals surface area contributed by atoms with Crippen LogP contribution in [-0.2, 0) is 15.6 Å². The van der Waals surface area contributed by atoms with Gasteiger partial charge in [-0.3, -0.25) is 9.59 Å². The van der Waals surface area contributed by atoms with Crippen LogP contribution in [0.3, 0.4) is 0 Å². The SMILES string of the molecule is CNC(=O)c1ccc(Cl)c(NC(=O)c2ccc(CS(C)(=O)=O)cc2)c1. The second kappa shape index (κ2) is 7.67. The largest absolute Gasteiger partial charge is 0.355 e. The Morgan fingerprint density at radius 1 is 1.00 bits per heavy atom. The molecule has 2 aromatic carbocycles. The Hall–Kier alpha value is -2.38. The number of hydrogen-bond donors (Lipinski definition) is 2. The first kappa shape index (κ1) is 19.0. The van der Waals surface area contributed by atoms with Crippen molar-refractivity contribution >= 4 is 38.9 Å². The van der Waals surface area contributed by atoms with Crippen molar-refractivity contribution in [3.8, 4) is 0 Å². The topological polar surface area (TPSA) is 92.3 Å². The van der Waals surface area contributed by atoms with Gasteiger partial charge in [-0.1, -0.05) is 23.7 Å². The maximum atomic E-state index is 12.3. The lowest BCUT2D eigenvalue weighted by molar-refractivity contribution is 0.0961. The molecule has 0 heterocycles. The summed E-state index contributed by atoms with van der Waals surface area (Å²) in [4.78, 5) is 24.0. The fourth-order valence-corrected chi connectivity index (χ4v) is 3.12. The molecule has 0 aliphatic rings. The van der Waals surface area contributed by atoms with Gasteiger partial charge >= 0.3 is 0 Å². The van der Waals surface area contributed by atoms with Gasteiger partial charge in [0.15, 0.2) is 9.84 Å². The van der Waals surface area contributed by atoms with Crippen LogP contribution in [0.4, 0.5) is 5.69 Å². The van der Waals surface area contributed by atoms with Crippen molar-refractivity contribution in [3.05, 3.63) is 64.2 Å². The van der Waals surface area contributed by atoms with Crippen LogP contribution in [0.15, 0.2) is 42.5 Å². The van der Waals surface area contributed by atoms with Crippen LogP contribution >= 0.6 is 11.6 Å². The Balaban J connectivity index is 2.18. The third kappa shape index (κ3) is 5.30. The molecule has 8 heteroatoms.